The lowest BCUT2D eigenvalue weighted by Gasteiger charge is -2.34. The van der Waals surface area contributed by atoms with Crippen LogP contribution in [0.15, 0.2) is 25.0 Å². The lowest BCUT2D eigenvalue weighted by atomic mass is 10.3. The number of anilines is 2. The summed E-state index contributed by atoms with van der Waals surface area (Å²) in [7, 11) is 0. The van der Waals surface area contributed by atoms with E-state index in [9.17, 15) is 0 Å². The first-order chi connectivity index (χ1) is 8.83. The second-order valence-corrected chi connectivity index (χ2v) is 4.35. The molecule has 2 rings (SSSR count). The van der Waals surface area contributed by atoms with E-state index in [0.29, 0.717) is 0 Å². The van der Waals surface area contributed by atoms with Crippen molar-refractivity contribution >= 4 is 11.6 Å². The summed E-state index contributed by atoms with van der Waals surface area (Å²) in [6.45, 7) is 12.0. The maximum atomic E-state index is 4.35. The van der Waals surface area contributed by atoms with Gasteiger partial charge in [-0.15, -0.1) is 6.58 Å². The maximum absolute atomic E-state index is 4.35. The van der Waals surface area contributed by atoms with Gasteiger partial charge in [0.1, 0.15) is 18.0 Å². The Bertz CT molecular complexity index is 385. The van der Waals surface area contributed by atoms with E-state index in [1.165, 1.54) is 0 Å². The lowest BCUT2D eigenvalue weighted by Crippen LogP contribution is -2.46. The first kappa shape index (κ1) is 12.8. The zero-order chi connectivity index (χ0) is 12.8. The van der Waals surface area contributed by atoms with Crippen LogP contribution in [-0.2, 0) is 0 Å². The number of piperazine rings is 1. The Kier molecular flexibility index (Phi) is 4.52. The minimum atomic E-state index is 0.722. The van der Waals surface area contributed by atoms with Crippen LogP contribution in [0.2, 0.25) is 0 Å². The van der Waals surface area contributed by atoms with Gasteiger partial charge >= 0.3 is 0 Å². The monoisotopic (exact) mass is 247 g/mol. The zero-order valence-corrected chi connectivity index (χ0v) is 11.0. The fraction of sp³-hybridized carbons (Fsp3) is 0.538. The summed E-state index contributed by atoms with van der Waals surface area (Å²) in [5.41, 5.74) is 0. The topological polar surface area (TPSA) is 44.3 Å². The van der Waals surface area contributed by atoms with Crippen molar-refractivity contribution in [3.8, 4) is 0 Å². The molecule has 1 aliphatic heterocycles. The van der Waals surface area contributed by atoms with Crippen molar-refractivity contribution in [2.24, 2.45) is 0 Å². The SMILES string of the molecule is C=CCNc1cc(N2CCN(CC)CC2)ncn1. The van der Waals surface area contributed by atoms with Crippen molar-refractivity contribution in [1.29, 1.82) is 0 Å². The van der Waals surface area contributed by atoms with Crippen LogP contribution in [0.3, 0.4) is 0 Å². The molecule has 2 heterocycles. The highest BCUT2D eigenvalue weighted by Gasteiger charge is 2.16. The van der Waals surface area contributed by atoms with Crippen LogP contribution in [0, 0.1) is 0 Å². The van der Waals surface area contributed by atoms with Crippen LogP contribution in [0.25, 0.3) is 0 Å². The van der Waals surface area contributed by atoms with E-state index in [2.05, 4.69) is 38.6 Å². The first-order valence-corrected chi connectivity index (χ1v) is 6.47. The molecule has 1 aromatic heterocycles. The number of hydrogen-bond donors (Lipinski definition) is 1. The summed E-state index contributed by atoms with van der Waals surface area (Å²) in [6, 6.07) is 2.01. The van der Waals surface area contributed by atoms with E-state index < -0.39 is 0 Å². The van der Waals surface area contributed by atoms with Gasteiger partial charge in [-0.25, -0.2) is 9.97 Å². The van der Waals surface area contributed by atoms with Gasteiger partial charge < -0.3 is 15.1 Å². The molecule has 1 N–H and O–H groups in total. The average molecular weight is 247 g/mol. The molecule has 0 atom stereocenters. The average Bonchev–Trinajstić information content (AvgIpc) is 2.45. The van der Waals surface area contributed by atoms with Crippen molar-refractivity contribution in [3.63, 3.8) is 0 Å². The highest BCUT2D eigenvalue weighted by atomic mass is 15.3. The van der Waals surface area contributed by atoms with Gasteiger partial charge in [0.15, 0.2) is 0 Å². The quantitative estimate of drug-likeness (QED) is 0.793. The summed E-state index contributed by atoms with van der Waals surface area (Å²) in [4.78, 5) is 13.3. The number of nitrogens with one attached hydrogen (secondary N) is 1. The molecule has 5 nitrogen and oxygen atoms in total. The summed E-state index contributed by atoms with van der Waals surface area (Å²) in [5, 5.41) is 3.19. The van der Waals surface area contributed by atoms with E-state index in [1.807, 2.05) is 12.1 Å². The minimum Gasteiger partial charge on any atom is -0.366 e. The van der Waals surface area contributed by atoms with Crippen LogP contribution in [0.1, 0.15) is 6.92 Å². The number of rotatable bonds is 5. The van der Waals surface area contributed by atoms with Crippen LogP contribution in [0.4, 0.5) is 11.6 Å². The van der Waals surface area contributed by atoms with Gasteiger partial charge in [0, 0.05) is 38.8 Å². The molecule has 0 unspecified atom stereocenters. The molecule has 5 heteroatoms. The molecular formula is C13H21N5. The van der Waals surface area contributed by atoms with Gasteiger partial charge in [-0.3, -0.25) is 0 Å². The number of hydrogen-bond acceptors (Lipinski definition) is 5. The molecule has 0 aliphatic carbocycles. The van der Waals surface area contributed by atoms with Gasteiger partial charge in [-0.05, 0) is 6.54 Å². The Balaban J connectivity index is 1.98. The van der Waals surface area contributed by atoms with Crippen molar-refractivity contribution in [2.75, 3.05) is 49.5 Å². The predicted octanol–water partition coefficient (Wildman–Crippen LogP) is 1.22. The van der Waals surface area contributed by atoms with E-state index >= 15 is 0 Å². The molecule has 0 bridgehead atoms. The summed E-state index contributed by atoms with van der Waals surface area (Å²) in [5.74, 6) is 1.87. The van der Waals surface area contributed by atoms with Gasteiger partial charge in [0.25, 0.3) is 0 Å². The van der Waals surface area contributed by atoms with Crippen molar-refractivity contribution in [3.05, 3.63) is 25.0 Å². The first-order valence-electron chi connectivity index (χ1n) is 6.47. The third-order valence-corrected chi connectivity index (χ3v) is 3.22. The predicted molar refractivity (Wildman–Crippen MR) is 75.0 cm³/mol. The van der Waals surface area contributed by atoms with E-state index in [-0.39, 0.29) is 0 Å². The van der Waals surface area contributed by atoms with E-state index in [1.54, 1.807) is 6.33 Å². The highest BCUT2D eigenvalue weighted by Crippen LogP contribution is 2.15. The Morgan fingerprint density at radius 2 is 2.11 bits per heavy atom. The molecule has 0 amide bonds. The van der Waals surface area contributed by atoms with Crippen LogP contribution in [-0.4, -0.2) is 54.1 Å². The third-order valence-electron chi connectivity index (χ3n) is 3.22. The van der Waals surface area contributed by atoms with Gasteiger partial charge in [0.05, 0.1) is 0 Å². The molecule has 1 saturated heterocycles. The van der Waals surface area contributed by atoms with Gasteiger partial charge in [-0.2, -0.15) is 0 Å². The molecule has 1 aliphatic rings. The minimum absolute atomic E-state index is 0.722. The van der Waals surface area contributed by atoms with E-state index in [0.717, 1.165) is 50.9 Å². The van der Waals surface area contributed by atoms with E-state index in [4.69, 9.17) is 0 Å². The fourth-order valence-corrected chi connectivity index (χ4v) is 2.09. The Morgan fingerprint density at radius 3 is 2.78 bits per heavy atom. The molecule has 18 heavy (non-hydrogen) atoms. The van der Waals surface area contributed by atoms with Crippen LogP contribution < -0.4 is 10.2 Å². The molecule has 0 radical (unpaired) electrons. The zero-order valence-electron chi connectivity index (χ0n) is 11.0. The van der Waals surface area contributed by atoms with Crippen molar-refractivity contribution in [1.82, 2.24) is 14.9 Å². The fourth-order valence-electron chi connectivity index (χ4n) is 2.09. The summed E-state index contributed by atoms with van der Waals surface area (Å²) >= 11 is 0. The molecule has 1 aromatic rings. The number of nitrogens with zero attached hydrogens (tertiary/aromatic N) is 4. The summed E-state index contributed by atoms with van der Waals surface area (Å²) in [6.07, 6.45) is 3.44. The highest BCUT2D eigenvalue weighted by molar-refractivity contribution is 5.48. The molecule has 1 fully saturated rings. The third kappa shape index (κ3) is 3.20. The second kappa shape index (κ2) is 6.35. The maximum Gasteiger partial charge on any atom is 0.134 e. The summed E-state index contributed by atoms with van der Waals surface area (Å²) < 4.78 is 0. The normalized spacial score (nSPS) is 16.6. The van der Waals surface area contributed by atoms with Gasteiger partial charge in [0.2, 0.25) is 0 Å². The number of aromatic nitrogens is 2. The molecule has 0 spiro atoms. The second-order valence-electron chi connectivity index (χ2n) is 4.35. The van der Waals surface area contributed by atoms with Gasteiger partial charge in [-0.1, -0.05) is 13.0 Å². The molecule has 0 saturated carbocycles. The standard InChI is InChI=1S/C13H21N5/c1-3-5-14-12-10-13(16-11-15-12)18-8-6-17(4-2)7-9-18/h3,10-11H,1,4-9H2,2H3,(H,14,15,16). The Labute approximate surface area is 109 Å². The van der Waals surface area contributed by atoms with Crippen molar-refractivity contribution < 1.29 is 0 Å². The number of likely N-dealkylation sites (N-methyl/N-ethyl adjacent to an activating group) is 1. The Hall–Kier alpha value is -1.62. The van der Waals surface area contributed by atoms with Crippen molar-refractivity contribution in [2.45, 2.75) is 6.92 Å². The van der Waals surface area contributed by atoms with Crippen LogP contribution >= 0.6 is 0 Å². The lowest BCUT2D eigenvalue weighted by molar-refractivity contribution is 0.270. The van der Waals surface area contributed by atoms with Crippen LogP contribution in [0.5, 0.6) is 0 Å². The largest absolute Gasteiger partial charge is 0.366 e. The smallest absolute Gasteiger partial charge is 0.134 e. The molecule has 98 valence electrons. The molecule has 0 aromatic carbocycles. The Morgan fingerprint density at radius 1 is 1.33 bits per heavy atom. The molecular weight excluding hydrogens is 226 g/mol.